The first-order valence-corrected chi connectivity index (χ1v) is 10.2. The fourth-order valence-electron chi connectivity index (χ4n) is 3.80. The van der Waals surface area contributed by atoms with Gasteiger partial charge in [-0.15, -0.1) is 4.36 Å². The maximum absolute atomic E-state index is 12.9. The second-order valence-corrected chi connectivity index (χ2v) is 8.80. The molecule has 3 N–H and O–H groups in total. The summed E-state index contributed by atoms with van der Waals surface area (Å²) < 4.78 is 23.8. The van der Waals surface area contributed by atoms with E-state index in [4.69, 9.17) is 9.88 Å². The normalized spacial score (nSPS) is 21.2. The van der Waals surface area contributed by atoms with Crippen LogP contribution in [0, 0.1) is 0 Å². The number of amides is 2. The molecule has 1 aliphatic heterocycles. The van der Waals surface area contributed by atoms with Gasteiger partial charge in [0.25, 0.3) is 0 Å². The quantitative estimate of drug-likeness (QED) is 0.836. The fraction of sp³-hybridized carbons (Fsp3) is 0.412. The highest BCUT2D eigenvalue weighted by molar-refractivity contribution is 7.91. The summed E-state index contributed by atoms with van der Waals surface area (Å²) in [6.07, 6.45) is 5.24. The molecule has 136 valence electrons. The average molecular weight is 373 g/mol. The number of aromatic nitrogens is 2. The highest BCUT2D eigenvalue weighted by Crippen LogP contribution is 2.40. The fourth-order valence-corrected chi connectivity index (χ4v) is 4.79. The number of hydrogen-bond donors (Lipinski definition) is 2. The van der Waals surface area contributed by atoms with Crippen LogP contribution in [0.1, 0.15) is 29.2 Å². The Morgan fingerprint density at radius 2 is 2.04 bits per heavy atom. The second kappa shape index (κ2) is 5.31. The predicted octanol–water partition coefficient (Wildman–Crippen LogP) is 1.79. The number of carbonyl (C=O) groups is 1. The van der Waals surface area contributed by atoms with Gasteiger partial charge in [0.2, 0.25) is 5.88 Å². The minimum absolute atomic E-state index is 0.0801. The molecule has 1 aromatic heterocycles. The molecule has 0 saturated heterocycles. The van der Waals surface area contributed by atoms with Crippen LogP contribution >= 0.6 is 0 Å². The van der Waals surface area contributed by atoms with Gasteiger partial charge in [-0.25, -0.2) is 18.8 Å². The van der Waals surface area contributed by atoms with E-state index in [0.717, 1.165) is 31.4 Å². The molecule has 0 bridgehead atoms. The number of hydrogen-bond acceptors (Lipinski definition) is 4. The van der Waals surface area contributed by atoms with E-state index in [1.165, 1.54) is 28.5 Å². The zero-order valence-electron chi connectivity index (χ0n) is 14.3. The minimum atomic E-state index is -3.44. The van der Waals surface area contributed by atoms with E-state index >= 15 is 0 Å². The number of carbonyl (C=O) groups excluding carboxylic acids is 1. The van der Waals surface area contributed by atoms with E-state index in [1.54, 1.807) is 4.68 Å². The van der Waals surface area contributed by atoms with Crippen molar-refractivity contribution < 1.29 is 13.7 Å². The Labute approximate surface area is 151 Å². The summed E-state index contributed by atoms with van der Waals surface area (Å²) in [4.78, 5) is 12.6. The van der Waals surface area contributed by atoms with E-state index in [1.807, 2.05) is 6.92 Å². The predicted molar refractivity (Wildman–Crippen MR) is 95.6 cm³/mol. The van der Waals surface area contributed by atoms with Crippen molar-refractivity contribution >= 4 is 21.6 Å². The van der Waals surface area contributed by atoms with Crippen LogP contribution in [-0.2, 0) is 42.1 Å². The topological polar surface area (TPSA) is 112 Å². The first-order chi connectivity index (χ1) is 12.4. The van der Waals surface area contributed by atoms with E-state index < -0.39 is 15.9 Å². The van der Waals surface area contributed by atoms with E-state index in [2.05, 4.69) is 20.8 Å². The lowest BCUT2D eigenvalue weighted by atomic mass is 9.76. The molecule has 0 spiro atoms. The Hall–Kier alpha value is -2.39. The molecule has 2 unspecified atom stereocenters. The van der Waals surface area contributed by atoms with Crippen molar-refractivity contribution in [2.24, 2.45) is 9.50 Å². The standard InChI is InChI=1S/C17H19N5O3S/c1-9-8-22-16(25-9)14(7-19-22)26(18,24)21-17(23)20-15-12-4-2-10(12)6-11-3-5-13(11)15/h6-7,9H,2-5,8H2,1H3,(H3,18,20,21,23,24). The smallest absolute Gasteiger partial charge is 0.354 e. The van der Waals surface area contributed by atoms with Crippen molar-refractivity contribution in [1.82, 2.24) is 9.78 Å². The number of nitrogens with two attached hydrogens (primary N) is 1. The molecule has 2 aliphatic carbocycles. The van der Waals surface area contributed by atoms with Crippen molar-refractivity contribution in [3.63, 3.8) is 0 Å². The van der Waals surface area contributed by atoms with Gasteiger partial charge in [-0.3, -0.25) is 0 Å². The second-order valence-electron chi connectivity index (χ2n) is 7.04. The molecule has 0 fully saturated rings. The Kier molecular flexibility index (Phi) is 3.23. The molecule has 2 atom stereocenters. The third-order valence-corrected chi connectivity index (χ3v) is 6.63. The van der Waals surface area contributed by atoms with Crippen LogP contribution < -0.4 is 15.2 Å². The third-order valence-electron chi connectivity index (χ3n) is 5.28. The first-order valence-electron chi connectivity index (χ1n) is 8.67. The van der Waals surface area contributed by atoms with Gasteiger partial charge in [0.05, 0.1) is 12.7 Å². The molecule has 3 aliphatic rings. The molecule has 2 aromatic rings. The lowest BCUT2D eigenvalue weighted by Gasteiger charge is -2.31. The van der Waals surface area contributed by atoms with Crippen LogP contribution in [0.4, 0.5) is 10.5 Å². The molecule has 8 nitrogen and oxygen atoms in total. The molecule has 0 saturated carbocycles. The van der Waals surface area contributed by atoms with Gasteiger partial charge in [0, 0.05) is 5.69 Å². The van der Waals surface area contributed by atoms with Crippen molar-refractivity contribution in [3.05, 3.63) is 34.5 Å². The maximum atomic E-state index is 12.9. The summed E-state index contributed by atoms with van der Waals surface area (Å²) in [5.74, 6) is 0.328. The minimum Gasteiger partial charge on any atom is -0.472 e. The number of rotatable bonds is 2. The Bertz CT molecular complexity index is 1050. The molecule has 1 aromatic carbocycles. The van der Waals surface area contributed by atoms with Gasteiger partial charge in [-0.2, -0.15) is 5.10 Å². The van der Waals surface area contributed by atoms with Gasteiger partial charge >= 0.3 is 6.03 Å². The number of anilines is 1. The van der Waals surface area contributed by atoms with Gasteiger partial charge in [0.15, 0.2) is 9.92 Å². The molecular weight excluding hydrogens is 354 g/mol. The van der Waals surface area contributed by atoms with Crippen LogP contribution in [0.3, 0.4) is 0 Å². The van der Waals surface area contributed by atoms with E-state index in [0.29, 0.717) is 12.4 Å². The molecule has 2 amide bonds. The summed E-state index contributed by atoms with van der Waals surface area (Å²) in [7, 11) is -3.44. The van der Waals surface area contributed by atoms with Gasteiger partial charge in [0.1, 0.15) is 11.0 Å². The van der Waals surface area contributed by atoms with E-state index in [-0.39, 0.29) is 11.0 Å². The van der Waals surface area contributed by atoms with Crippen molar-refractivity contribution in [3.8, 4) is 5.88 Å². The summed E-state index contributed by atoms with van der Waals surface area (Å²) >= 11 is 0. The summed E-state index contributed by atoms with van der Waals surface area (Å²) in [6, 6.07) is 1.53. The van der Waals surface area contributed by atoms with Gasteiger partial charge < -0.3 is 10.1 Å². The number of nitrogens with one attached hydrogen (secondary N) is 1. The average Bonchev–Trinajstić information content (AvgIpc) is 3.01. The van der Waals surface area contributed by atoms with Crippen molar-refractivity contribution in [1.29, 1.82) is 0 Å². The molecule has 26 heavy (non-hydrogen) atoms. The number of aryl methyl sites for hydroxylation is 2. The lowest BCUT2D eigenvalue weighted by molar-refractivity contribution is 0.248. The van der Waals surface area contributed by atoms with Crippen LogP contribution in [0.25, 0.3) is 0 Å². The molecule has 0 radical (unpaired) electrons. The van der Waals surface area contributed by atoms with Crippen LogP contribution in [-0.4, -0.2) is 26.1 Å². The number of urea groups is 1. The highest BCUT2D eigenvalue weighted by Gasteiger charge is 2.30. The Morgan fingerprint density at radius 1 is 1.35 bits per heavy atom. The van der Waals surface area contributed by atoms with Crippen LogP contribution in [0.2, 0.25) is 0 Å². The van der Waals surface area contributed by atoms with Crippen molar-refractivity contribution in [2.45, 2.75) is 50.2 Å². The molecule has 5 rings (SSSR count). The summed E-state index contributed by atoms with van der Waals surface area (Å²) in [6.45, 7) is 2.44. The number of benzene rings is 1. The molecular formula is C17H19N5O3S. The van der Waals surface area contributed by atoms with Crippen molar-refractivity contribution in [2.75, 3.05) is 5.32 Å². The van der Waals surface area contributed by atoms with Gasteiger partial charge in [-0.1, -0.05) is 6.07 Å². The lowest BCUT2D eigenvalue weighted by Crippen LogP contribution is -2.24. The van der Waals surface area contributed by atoms with Crippen LogP contribution in [0.15, 0.2) is 21.5 Å². The molecule has 2 heterocycles. The zero-order valence-corrected chi connectivity index (χ0v) is 15.1. The number of ether oxygens (including phenoxy) is 1. The highest BCUT2D eigenvalue weighted by atomic mass is 32.2. The number of nitrogens with zero attached hydrogens (tertiary/aromatic N) is 3. The number of fused-ring (bicyclic) bond motifs is 3. The Morgan fingerprint density at radius 3 is 2.65 bits per heavy atom. The Balaban J connectivity index is 1.46. The SMILES string of the molecule is CC1Cn2ncc(S(N)(=O)=NC(=O)Nc3c4c(cc5c3CC5)CC4)c2O1. The van der Waals surface area contributed by atoms with Gasteiger partial charge in [-0.05, 0) is 54.9 Å². The third kappa shape index (κ3) is 2.27. The molecule has 9 heteroatoms. The zero-order chi connectivity index (χ0) is 18.1. The summed E-state index contributed by atoms with van der Waals surface area (Å²) in [5, 5.41) is 12.8. The first kappa shape index (κ1) is 15.8. The monoisotopic (exact) mass is 373 g/mol. The summed E-state index contributed by atoms with van der Waals surface area (Å²) in [5.41, 5.74) is 5.73. The largest absolute Gasteiger partial charge is 0.472 e. The van der Waals surface area contributed by atoms with E-state index in [9.17, 15) is 9.00 Å². The van der Waals surface area contributed by atoms with Crippen LogP contribution in [0.5, 0.6) is 5.88 Å². The maximum Gasteiger partial charge on any atom is 0.354 e.